The van der Waals surface area contributed by atoms with E-state index in [4.69, 9.17) is 5.73 Å². The molecule has 0 radical (unpaired) electrons. The summed E-state index contributed by atoms with van der Waals surface area (Å²) in [4.78, 5) is 28.6. The molecule has 4 N–H and O–H groups in total. The molecule has 1 aromatic carbocycles. The molecular formula is C23H30N6O3. The molecule has 2 saturated heterocycles. The minimum Gasteiger partial charge on any atom is -0.384 e. The summed E-state index contributed by atoms with van der Waals surface area (Å²) in [6.45, 7) is 3.29. The van der Waals surface area contributed by atoms with Gasteiger partial charge in [-0.3, -0.25) is 19.2 Å². The summed E-state index contributed by atoms with van der Waals surface area (Å²) < 4.78 is 1.71. The number of aliphatic hydroxyl groups is 1. The van der Waals surface area contributed by atoms with E-state index >= 15 is 0 Å². The Morgan fingerprint density at radius 3 is 2.69 bits per heavy atom. The molecule has 3 aliphatic rings. The second-order valence-electron chi connectivity index (χ2n) is 9.20. The lowest BCUT2D eigenvalue weighted by atomic mass is 9.88. The van der Waals surface area contributed by atoms with Crippen molar-refractivity contribution in [3.63, 3.8) is 0 Å². The van der Waals surface area contributed by atoms with E-state index in [1.807, 2.05) is 19.3 Å². The minimum absolute atomic E-state index is 0.0596. The molecule has 0 saturated carbocycles. The highest BCUT2D eigenvalue weighted by atomic mass is 16.3. The van der Waals surface area contributed by atoms with Gasteiger partial charge in [0, 0.05) is 37.7 Å². The van der Waals surface area contributed by atoms with Crippen LogP contribution in [0.4, 0.5) is 5.82 Å². The number of benzene rings is 1. The fourth-order valence-electron chi connectivity index (χ4n) is 5.26. The van der Waals surface area contributed by atoms with Crippen molar-refractivity contribution in [2.75, 3.05) is 18.8 Å². The number of anilines is 1. The number of nitrogens with one attached hydrogen (secondary N) is 1. The molecule has 2 fully saturated rings. The maximum Gasteiger partial charge on any atom is 0.254 e. The molecule has 4 heterocycles. The SMILES string of the molecule is Cn1ncc(CN2CCC(c3ccc4c(c3)CN(C3CCC(=O)NC3O)C4=O)CC2)c1N. The smallest absolute Gasteiger partial charge is 0.254 e. The van der Waals surface area contributed by atoms with E-state index in [0.29, 0.717) is 30.9 Å². The molecule has 9 nitrogen and oxygen atoms in total. The van der Waals surface area contributed by atoms with Crippen molar-refractivity contribution in [3.05, 3.63) is 46.6 Å². The summed E-state index contributed by atoms with van der Waals surface area (Å²) in [7, 11) is 1.86. The Kier molecular flexibility index (Phi) is 5.38. The molecule has 2 atom stereocenters. The molecule has 3 aliphatic heterocycles. The predicted octanol–water partition coefficient (Wildman–Crippen LogP) is 0.935. The van der Waals surface area contributed by atoms with Gasteiger partial charge in [0.15, 0.2) is 0 Å². The zero-order valence-electron chi connectivity index (χ0n) is 18.3. The Labute approximate surface area is 187 Å². The molecule has 2 aromatic rings. The lowest BCUT2D eigenvalue weighted by molar-refractivity contribution is -0.129. The molecule has 5 rings (SSSR count). The fourth-order valence-corrected chi connectivity index (χ4v) is 5.26. The minimum atomic E-state index is -1.01. The maximum atomic E-state index is 12.9. The van der Waals surface area contributed by atoms with E-state index in [1.54, 1.807) is 9.58 Å². The largest absolute Gasteiger partial charge is 0.384 e. The van der Waals surface area contributed by atoms with Crippen LogP contribution in [0.1, 0.15) is 58.6 Å². The average molecular weight is 439 g/mol. The van der Waals surface area contributed by atoms with E-state index < -0.39 is 6.23 Å². The van der Waals surface area contributed by atoms with Gasteiger partial charge < -0.3 is 21.1 Å². The zero-order chi connectivity index (χ0) is 22.4. The molecule has 32 heavy (non-hydrogen) atoms. The van der Waals surface area contributed by atoms with Gasteiger partial charge in [0.25, 0.3) is 5.91 Å². The van der Waals surface area contributed by atoms with Crippen molar-refractivity contribution >= 4 is 17.6 Å². The number of carbonyl (C=O) groups is 2. The lowest BCUT2D eigenvalue weighted by Gasteiger charge is -2.35. The number of aliphatic hydroxyl groups excluding tert-OH is 1. The number of hydrogen-bond acceptors (Lipinski definition) is 6. The average Bonchev–Trinajstić information content (AvgIpc) is 3.28. The van der Waals surface area contributed by atoms with Crippen LogP contribution in [0.3, 0.4) is 0 Å². The van der Waals surface area contributed by atoms with E-state index in [-0.39, 0.29) is 17.9 Å². The van der Waals surface area contributed by atoms with Gasteiger partial charge in [-0.2, -0.15) is 5.10 Å². The zero-order valence-corrected chi connectivity index (χ0v) is 18.3. The predicted molar refractivity (Wildman–Crippen MR) is 118 cm³/mol. The third kappa shape index (κ3) is 3.75. The fraction of sp³-hybridized carbons (Fsp3) is 0.522. The number of nitrogen functional groups attached to an aromatic ring is 1. The molecule has 2 unspecified atom stereocenters. The van der Waals surface area contributed by atoms with Gasteiger partial charge in [-0.1, -0.05) is 12.1 Å². The van der Waals surface area contributed by atoms with Crippen LogP contribution in [0.25, 0.3) is 0 Å². The van der Waals surface area contributed by atoms with Crippen LogP contribution in [0.5, 0.6) is 0 Å². The van der Waals surface area contributed by atoms with Crippen LogP contribution in [0, 0.1) is 0 Å². The Balaban J connectivity index is 1.23. The summed E-state index contributed by atoms with van der Waals surface area (Å²) in [5.41, 5.74) is 10.2. The van der Waals surface area contributed by atoms with Gasteiger partial charge in [-0.15, -0.1) is 0 Å². The summed E-state index contributed by atoms with van der Waals surface area (Å²) in [6.07, 6.45) is 3.77. The molecule has 0 bridgehead atoms. The highest BCUT2D eigenvalue weighted by molar-refractivity contribution is 5.98. The third-order valence-corrected chi connectivity index (χ3v) is 7.22. The molecule has 9 heteroatoms. The standard InChI is InChI=1S/C23H30N6O3/c1-27-21(24)17(11-25-27)12-28-8-6-14(7-9-28)15-2-3-18-16(10-15)13-29(23(18)32)19-4-5-20(30)26-22(19)31/h2-3,10-11,14,19,22,31H,4-9,12-13,24H2,1H3,(H,26,30). The summed E-state index contributed by atoms with van der Waals surface area (Å²) in [5.74, 6) is 0.961. The number of aryl methyl sites for hydroxylation is 1. The number of likely N-dealkylation sites (tertiary alicyclic amines) is 1. The summed E-state index contributed by atoms with van der Waals surface area (Å²) in [5, 5.41) is 17.0. The number of rotatable bonds is 4. The van der Waals surface area contributed by atoms with E-state index in [2.05, 4.69) is 27.4 Å². The molecule has 170 valence electrons. The second kappa shape index (κ2) is 8.22. The number of hydrogen-bond donors (Lipinski definition) is 3. The van der Waals surface area contributed by atoms with Crippen molar-refractivity contribution in [1.82, 2.24) is 24.9 Å². The first-order valence-electron chi connectivity index (χ1n) is 11.3. The number of amides is 2. The van der Waals surface area contributed by atoms with Crippen molar-refractivity contribution in [2.24, 2.45) is 7.05 Å². The Bertz CT molecular complexity index is 1040. The highest BCUT2D eigenvalue weighted by Gasteiger charge is 2.39. The molecule has 2 amide bonds. The molecule has 0 aliphatic carbocycles. The summed E-state index contributed by atoms with van der Waals surface area (Å²) >= 11 is 0. The van der Waals surface area contributed by atoms with Crippen LogP contribution in [-0.4, -0.2) is 61.9 Å². The maximum absolute atomic E-state index is 12.9. The number of carbonyl (C=O) groups excluding carboxylic acids is 2. The van der Waals surface area contributed by atoms with Crippen molar-refractivity contribution in [3.8, 4) is 0 Å². The van der Waals surface area contributed by atoms with Crippen LogP contribution in [0.2, 0.25) is 0 Å². The Morgan fingerprint density at radius 2 is 2.00 bits per heavy atom. The topological polar surface area (TPSA) is 117 Å². The number of nitrogens with zero attached hydrogens (tertiary/aromatic N) is 4. The summed E-state index contributed by atoms with van der Waals surface area (Å²) in [6, 6.07) is 5.81. The van der Waals surface area contributed by atoms with Crippen molar-refractivity contribution < 1.29 is 14.7 Å². The van der Waals surface area contributed by atoms with E-state index in [1.165, 1.54) is 5.56 Å². The number of fused-ring (bicyclic) bond motifs is 1. The second-order valence-corrected chi connectivity index (χ2v) is 9.20. The van der Waals surface area contributed by atoms with E-state index in [0.717, 1.165) is 49.4 Å². The quantitative estimate of drug-likeness (QED) is 0.654. The monoisotopic (exact) mass is 438 g/mol. The van der Waals surface area contributed by atoms with Gasteiger partial charge in [-0.25, -0.2) is 0 Å². The number of aromatic nitrogens is 2. The van der Waals surface area contributed by atoms with Crippen molar-refractivity contribution in [2.45, 2.75) is 57.0 Å². The molecule has 1 aromatic heterocycles. The molecular weight excluding hydrogens is 408 g/mol. The number of nitrogens with two attached hydrogens (primary N) is 1. The number of piperidine rings is 2. The van der Waals surface area contributed by atoms with Gasteiger partial charge in [-0.05, 0) is 55.5 Å². The van der Waals surface area contributed by atoms with Gasteiger partial charge >= 0.3 is 0 Å². The lowest BCUT2D eigenvalue weighted by Crippen LogP contribution is -2.55. The Hall–Kier alpha value is -2.91. The first-order valence-corrected chi connectivity index (χ1v) is 11.3. The van der Waals surface area contributed by atoms with E-state index in [9.17, 15) is 14.7 Å². The van der Waals surface area contributed by atoms with Gasteiger partial charge in [0.05, 0.1) is 12.2 Å². The van der Waals surface area contributed by atoms with Crippen LogP contribution < -0.4 is 11.1 Å². The normalized spacial score (nSPS) is 24.6. The molecule has 0 spiro atoms. The van der Waals surface area contributed by atoms with Gasteiger partial charge in [0.2, 0.25) is 5.91 Å². The van der Waals surface area contributed by atoms with Crippen LogP contribution >= 0.6 is 0 Å². The first-order chi connectivity index (χ1) is 15.4. The highest BCUT2D eigenvalue weighted by Crippen LogP contribution is 2.34. The first kappa shape index (κ1) is 21.0. The van der Waals surface area contributed by atoms with Crippen LogP contribution in [-0.2, 0) is 24.9 Å². The van der Waals surface area contributed by atoms with Gasteiger partial charge in [0.1, 0.15) is 12.0 Å². The third-order valence-electron chi connectivity index (χ3n) is 7.22. The Morgan fingerprint density at radius 1 is 1.22 bits per heavy atom. The van der Waals surface area contributed by atoms with Crippen LogP contribution in [0.15, 0.2) is 24.4 Å². The van der Waals surface area contributed by atoms with Crippen molar-refractivity contribution in [1.29, 1.82) is 0 Å².